The predicted octanol–water partition coefficient (Wildman–Crippen LogP) is 0.825. The van der Waals surface area contributed by atoms with Crippen molar-refractivity contribution in [2.24, 2.45) is 0 Å². The first kappa shape index (κ1) is 11.8. The van der Waals surface area contributed by atoms with Gasteiger partial charge in [-0.25, -0.2) is 0 Å². The van der Waals surface area contributed by atoms with Gasteiger partial charge in [0.25, 0.3) is 0 Å². The molecule has 0 radical (unpaired) electrons. The van der Waals surface area contributed by atoms with Crippen LogP contribution < -0.4 is 4.74 Å². The molecule has 84 valence electrons. The van der Waals surface area contributed by atoms with E-state index in [0.717, 1.165) is 5.56 Å². The molecule has 0 aliphatic heterocycles. The van der Waals surface area contributed by atoms with Gasteiger partial charge < -0.3 is 14.9 Å². The van der Waals surface area contributed by atoms with E-state index in [1.807, 2.05) is 18.0 Å². The minimum absolute atomic E-state index is 0.138. The lowest BCUT2D eigenvalue weighted by atomic mass is 10.2. The summed E-state index contributed by atoms with van der Waals surface area (Å²) in [7, 11) is 3.43. The van der Waals surface area contributed by atoms with Crippen molar-refractivity contribution in [3.8, 4) is 11.5 Å². The first-order valence-corrected chi connectivity index (χ1v) is 4.82. The van der Waals surface area contributed by atoms with Crippen LogP contribution in [0.1, 0.15) is 5.56 Å². The standard InChI is InChI=1S/C11H17NO3/c1-12(5-6-13)8-9-3-4-11(15-2)10(14)7-9/h3-4,7,13-14H,5-6,8H2,1-2H3. The Morgan fingerprint density at radius 3 is 2.67 bits per heavy atom. The van der Waals surface area contributed by atoms with Crippen LogP contribution in [-0.2, 0) is 6.54 Å². The van der Waals surface area contributed by atoms with E-state index in [4.69, 9.17) is 9.84 Å². The van der Waals surface area contributed by atoms with Crippen molar-refractivity contribution < 1.29 is 14.9 Å². The summed E-state index contributed by atoms with van der Waals surface area (Å²) < 4.78 is 4.95. The Morgan fingerprint density at radius 2 is 2.13 bits per heavy atom. The van der Waals surface area contributed by atoms with Crippen LogP contribution >= 0.6 is 0 Å². The number of methoxy groups -OCH3 is 1. The van der Waals surface area contributed by atoms with Crippen molar-refractivity contribution in [3.63, 3.8) is 0 Å². The highest BCUT2D eigenvalue weighted by Crippen LogP contribution is 2.26. The maximum atomic E-state index is 9.54. The second-order valence-corrected chi connectivity index (χ2v) is 3.47. The molecule has 0 saturated carbocycles. The van der Waals surface area contributed by atoms with Crippen LogP contribution in [-0.4, -0.2) is 42.4 Å². The SMILES string of the molecule is COc1ccc(CN(C)CCO)cc1O. The second-order valence-electron chi connectivity index (χ2n) is 3.47. The Hall–Kier alpha value is -1.26. The van der Waals surface area contributed by atoms with Crippen molar-refractivity contribution in [1.82, 2.24) is 4.90 Å². The Kier molecular flexibility index (Phi) is 4.39. The Labute approximate surface area is 89.7 Å². The van der Waals surface area contributed by atoms with Crippen LogP contribution in [0.4, 0.5) is 0 Å². The number of likely N-dealkylation sites (N-methyl/N-ethyl adjacent to an activating group) is 1. The quantitative estimate of drug-likeness (QED) is 0.757. The molecule has 0 bridgehead atoms. The van der Waals surface area contributed by atoms with Gasteiger partial charge in [0.05, 0.1) is 13.7 Å². The highest BCUT2D eigenvalue weighted by molar-refractivity contribution is 5.41. The number of hydrogen-bond donors (Lipinski definition) is 2. The maximum Gasteiger partial charge on any atom is 0.160 e. The number of ether oxygens (including phenoxy) is 1. The third kappa shape index (κ3) is 3.42. The van der Waals surface area contributed by atoms with Crippen LogP contribution in [0.5, 0.6) is 11.5 Å². The van der Waals surface area contributed by atoms with Crippen molar-refractivity contribution in [2.75, 3.05) is 27.3 Å². The number of aliphatic hydroxyl groups excluding tert-OH is 1. The van der Waals surface area contributed by atoms with Gasteiger partial charge in [-0.2, -0.15) is 0 Å². The predicted molar refractivity (Wildman–Crippen MR) is 58.1 cm³/mol. The topological polar surface area (TPSA) is 52.9 Å². The van der Waals surface area contributed by atoms with E-state index in [9.17, 15) is 5.11 Å². The molecule has 0 aliphatic rings. The lowest BCUT2D eigenvalue weighted by Crippen LogP contribution is -2.21. The van der Waals surface area contributed by atoms with Crippen LogP contribution in [0.25, 0.3) is 0 Å². The van der Waals surface area contributed by atoms with E-state index in [-0.39, 0.29) is 12.4 Å². The zero-order chi connectivity index (χ0) is 11.3. The zero-order valence-corrected chi connectivity index (χ0v) is 9.10. The zero-order valence-electron chi connectivity index (χ0n) is 9.10. The van der Waals surface area contributed by atoms with Crippen LogP contribution in [0.15, 0.2) is 18.2 Å². The molecule has 0 fully saturated rings. The molecule has 0 aliphatic carbocycles. The summed E-state index contributed by atoms with van der Waals surface area (Å²) >= 11 is 0. The number of rotatable bonds is 5. The fraction of sp³-hybridized carbons (Fsp3) is 0.455. The van der Waals surface area contributed by atoms with Gasteiger partial charge >= 0.3 is 0 Å². The van der Waals surface area contributed by atoms with E-state index >= 15 is 0 Å². The van der Waals surface area contributed by atoms with Crippen LogP contribution in [0, 0.1) is 0 Å². The van der Waals surface area contributed by atoms with E-state index in [2.05, 4.69) is 0 Å². The second kappa shape index (κ2) is 5.58. The molecule has 15 heavy (non-hydrogen) atoms. The molecule has 2 N–H and O–H groups in total. The average molecular weight is 211 g/mol. The summed E-state index contributed by atoms with van der Waals surface area (Å²) in [6.07, 6.45) is 0. The number of phenolic OH excluding ortho intramolecular Hbond substituents is 1. The number of benzene rings is 1. The summed E-state index contributed by atoms with van der Waals surface area (Å²) in [5.74, 6) is 0.621. The van der Waals surface area contributed by atoms with E-state index in [0.29, 0.717) is 18.8 Å². The molecule has 0 spiro atoms. The van der Waals surface area contributed by atoms with E-state index in [1.54, 1.807) is 12.1 Å². The maximum absolute atomic E-state index is 9.54. The van der Waals surface area contributed by atoms with E-state index in [1.165, 1.54) is 7.11 Å². The smallest absolute Gasteiger partial charge is 0.160 e. The van der Waals surface area contributed by atoms with E-state index < -0.39 is 0 Å². The summed E-state index contributed by atoms with van der Waals surface area (Å²) in [5, 5.41) is 18.3. The first-order valence-electron chi connectivity index (χ1n) is 4.82. The third-order valence-corrected chi connectivity index (χ3v) is 2.18. The van der Waals surface area contributed by atoms with Gasteiger partial charge in [-0.15, -0.1) is 0 Å². The Morgan fingerprint density at radius 1 is 1.40 bits per heavy atom. The number of phenols is 1. The summed E-state index contributed by atoms with van der Waals surface area (Å²) in [5.41, 5.74) is 0.990. The molecule has 1 aromatic rings. The molecular formula is C11H17NO3. The van der Waals surface area contributed by atoms with Gasteiger partial charge in [-0.05, 0) is 24.7 Å². The van der Waals surface area contributed by atoms with Crippen molar-refractivity contribution >= 4 is 0 Å². The molecule has 4 nitrogen and oxygen atoms in total. The fourth-order valence-corrected chi connectivity index (χ4v) is 1.40. The number of hydrogen-bond acceptors (Lipinski definition) is 4. The molecule has 0 heterocycles. The number of aliphatic hydroxyl groups is 1. The van der Waals surface area contributed by atoms with Crippen molar-refractivity contribution in [3.05, 3.63) is 23.8 Å². The van der Waals surface area contributed by atoms with Gasteiger partial charge in [0.1, 0.15) is 0 Å². The van der Waals surface area contributed by atoms with Crippen LogP contribution in [0.2, 0.25) is 0 Å². The normalized spacial score (nSPS) is 10.7. The molecule has 0 atom stereocenters. The molecular weight excluding hydrogens is 194 g/mol. The largest absolute Gasteiger partial charge is 0.504 e. The van der Waals surface area contributed by atoms with Crippen molar-refractivity contribution in [2.45, 2.75) is 6.54 Å². The van der Waals surface area contributed by atoms with Gasteiger partial charge in [0.15, 0.2) is 11.5 Å². The minimum atomic E-state index is 0.138. The average Bonchev–Trinajstić information content (AvgIpc) is 2.18. The molecule has 0 saturated heterocycles. The number of aromatic hydroxyl groups is 1. The molecule has 0 amide bonds. The summed E-state index contributed by atoms with van der Waals surface area (Å²) in [6.45, 7) is 1.45. The summed E-state index contributed by atoms with van der Waals surface area (Å²) in [4.78, 5) is 1.97. The molecule has 0 aromatic heterocycles. The molecule has 0 unspecified atom stereocenters. The van der Waals surface area contributed by atoms with Gasteiger partial charge in [0.2, 0.25) is 0 Å². The van der Waals surface area contributed by atoms with Gasteiger partial charge in [0, 0.05) is 13.1 Å². The van der Waals surface area contributed by atoms with Gasteiger partial charge in [-0.1, -0.05) is 6.07 Å². The Balaban J connectivity index is 2.66. The fourth-order valence-electron chi connectivity index (χ4n) is 1.40. The first-order chi connectivity index (χ1) is 7.17. The minimum Gasteiger partial charge on any atom is -0.504 e. The molecule has 1 rings (SSSR count). The lowest BCUT2D eigenvalue weighted by molar-refractivity contribution is 0.217. The lowest BCUT2D eigenvalue weighted by Gasteiger charge is -2.15. The van der Waals surface area contributed by atoms with Gasteiger partial charge in [-0.3, -0.25) is 4.90 Å². The highest BCUT2D eigenvalue weighted by atomic mass is 16.5. The molecule has 4 heteroatoms. The third-order valence-electron chi connectivity index (χ3n) is 2.18. The Bertz CT molecular complexity index is 315. The summed E-state index contributed by atoms with van der Waals surface area (Å²) in [6, 6.07) is 5.30. The highest BCUT2D eigenvalue weighted by Gasteiger charge is 2.04. The number of nitrogens with zero attached hydrogens (tertiary/aromatic N) is 1. The monoisotopic (exact) mass is 211 g/mol. The van der Waals surface area contributed by atoms with Crippen LogP contribution in [0.3, 0.4) is 0 Å². The molecule has 1 aromatic carbocycles. The van der Waals surface area contributed by atoms with Crippen molar-refractivity contribution in [1.29, 1.82) is 0 Å².